The SMILES string of the molecule is C=CCCc1ccc(C#Cc2ccc(C3CCC(C)CC3)cc2)cc1. The van der Waals surface area contributed by atoms with E-state index >= 15 is 0 Å². The van der Waals surface area contributed by atoms with E-state index in [2.05, 4.69) is 73.9 Å². The second-order valence-electron chi connectivity index (χ2n) is 7.35. The van der Waals surface area contributed by atoms with Crippen molar-refractivity contribution < 1.29 is 0 Å². The molecular weight excluding hydrogens is 300 g/mol. The molecule has 0 aliphatic heterocycles. The van der Waals surface area contributed by atoms with Crippen molar-refractivity contribution in [3.63, 3.8) is 0 Å². The number of aryl methyl sites for hydroxylation is 1. The van der Waals surface area contributed by atoms with E-state index in [1.165, 1.54) is 36.8 Å². The zero-order valence-electron chi connectivity index (χ0n) is 15.3. The summed E-state index contributed by atoms with van der Waals surface area (Å²) in [5, 5.41) is 0. The molecule has 0 amide bonds. The summed E-state index contributed by atoms with van der Waals surface area (Å²) in [5.74, 6) is 8.23. The Hall–Kier alpha value is -2.26. The Labute approximate surface area is 153 Å². The third-order valence-corrected chi connectivity index (χ3v) is 5.34. The summed E-state index contributed by atoms with van der Waals surface area (Å²) in [6.45, 7) is 6.15. The number of hydrogen-bond donors (Lipinski definition) is 0. The number of rotatable bonds is 4. The Bertz CT molecular complexity index is 729. The summed E-state index contributed by atoms with van der Waals surface area (Å²) >= 11 is 0. The van der Waals surface area contributed by atoms with Crippen LogP contribution < -0.4 is 0 Å². The van der Waals surface area contributed by atoms with E-state index in [9.17, 15) is 0 Å². The molecule has 0 unspecified atom stereocenters. The Morgan fingerprint density at radius 1 is 0.880 bits per heavy atom. The van der Waals surface area contributed by atoms with Gasteiger partial charge in [0.1, 0.15) is 0 Å². The van der Waals surface area contributed by atoms with Crippen LogP contribution in [0.15, 0.2) is 61.2 Å². The van der Waals surface area contributed by atoms with E-state index in [-0.39, 0.29) is 0 Å². The molecular formula is C25H28. The van der Waals surface area contributed by atoms with Crippen molar-refractivity contribution in [3.05, 3.63) is 83.4 Å². The fourth-order valence-corrected chi connectivity index (χ4v) is 3.60. The van der Waals surface area contributed by atoms with Crippen molar-refractivity contribution >= 4 is 0 Å². The van der Waals surface area contributed by atoms with Gasteiger partial charge in [0.2, 0.25) is 0 Å². The number of hydrogen-bond acceptors (Lipinski definition) is 0. The normalized spacial score (nSPS) is 19.7. The summed E-state index contributed by atoms with van der Waals surface area (Å²) < 4.78 is 0. The van der Waals surface area contributed by atoms with Gasteiger partial charge in [-0.25, -0.2) is 0 Å². The average Bonchev–Trinajstić information content (AvgIpc) is 2.67. The molecule has 0 atom stereocenters. The van der Waals surface area contributed by atoms with Gasteiger partial charge in [-0.05, 0) is 72.9 Å². The Kier molecular flexibility index (Phi) is 6.13. The molecule has 0 nitrogen and oxygen atoms in total. The molecule has 1 aliphatic carbocycles. The third kappa shape index (κ3) is 5.10. The molecule has 1 saturated carbocycles. The van der Waals surface area contributed by atoms with E-state index in [0.717, 1.165) is 35.8 Å². The molecule has 0 radical (unpaired) electrons. The highest BCUT2D eigenvalue weighted by atomic mass is 14.2. The van der Waals surface area contributed by atoms with Crippen LogP contribution in [0.1, 0.15) is 67.2 Å². The van der Waals surface area contributed by atoms with Gasteiger partial charge < -0.3 is 0 Å². The van der Waals surface area contributed by atoms with Crippen LogP contribution >= 0.6 is 0 Å². The first-order chi connectivity index (χ1) is 12.2. The van der Waals surface area contributed by atoms with Crippen LogP contribution in [0, 0.1) is 17.8 Å². The average molecular weight is 328 g/mol. The van der Waals surface area contributed by atoms with Gasteiger partial charge in [0.25, 0.3) is 0 Å². The van der Waals surface area contributed by atoms with Crippen molar-refractivity contribution in [3.8, 4) is 11.8 Å². The fraction of sp³-hybridized carbons (Fsp3) is 0.360. The Balaban J connectivity index is 1.62. The lowest BCUT2D eigenvalue weighted by Gasteiger charge is -2.26. The van der Waals surface area contributed by atoms with Gasteiger partial charge in [0.05, 0.1) is 0 Å². The van der Waals surface area contributed by atoms with E-state index in [1.807, 2.05) is 6.08 Å². The van der Waals surface area contributed by atoms with Gasteiger partial charge in [0.15, 0.2) is 0 Å². The quantitative estimate of drug-likeness (QED) is 0.444. The minimum atomic E-state index is 0.751. The zero-order valence-corrected chi connectivity index (χ0v) is 15.3. The van der Waals surface area contributed by atoms with Crippen molar-refractivity contribution in [1.82, 2.24) is 0 Å². The highest BCUT2D eigenvalue weighted by Gasteiger charge is 2.19. The number of allylic oxidation sites excluding steroid dienone is 1. The van der Waals surface area contributed by atoms with E-state index in [0.29, 0.717) is 0 Å². The van der Waals surface area contributed by atoms with Gasteiger partial charge in [-0.3, -0.25) is 0 Å². The second kappa shape index (κ2) is 8.72. The van der Waals surface area contributed by atoms with Crippen molar-refractivity contribution in [2.24, 2.45) is 5.92 Å². The van der Waals surface area contributed by atoms with Crippen LogP contribution in [0.3, 0.4) is 0 Å². The first-order valence-electron chi connectivity index (χ1n) is 9.56. The van der Waals surface area contributed by atoms with Crippen molar-refractivity contribution in [2.45, 2.75) is 51.4 Å². The number of benzene rings is 2. The lowest BCUT2D eigenvalue weighted by molar-refractivity contribution is 0.348. The van der Waals surface area contributed by atoms with E-state index in [4.69, 9.17) is 0 Å². The van der Waals surface area contributed by atoms with E-state index in [1.54, 1.807) is 0 Å². The van der Waals surface area contributed by atoms with Crippen LogP contribution in [-0.2, 0) is 6.42 Å². The van der Waals surface area contributed by atoms with Crippen LogP contribution in [0.4, 0.5) is 0 Å². The Morgan fingerprint density at radius 2 is 1.44 bits per heavy atom. The largest absolute Gasteiger partial charge is 0.103 e. The maximum absolute atomic E-state index is 3.77. The highest BCUT2D eigenvalue weighted by Crippen LogP contribution is 2.35. The summed E-state index contributed by atoms with van der Waals surface area (Å²) in [5.41, 5.74) is 5.01. The molecule has 0 spiro atoms. The molecule has 0 heteroatoms. The maximum Gasteiger partial charge on any atom is 0.0249 e. The molecule has 0 saturated heterocycles. The first-order valence-corrected chi connectivity index (χ1v) is 9.56. The standard InChI is InChI=1S/C25H28/c1-3-4-5-21-8-10-22(11-9-21)12-13-23-14-18-25(19-15-23)24-16-6-20(2)7-17-24/h3,8-11,14-15,18-20,24H,1,4-7,16-17H2,2H3. The smallest absolute Gasteiger partial charge is 0.0249 e. The molecule has 1 aliphatic rings. The predicted octanol–water partition coefficient (Wildman–Crippen LogP) is 6.50. The lowest BCUT2D eigenvalue weighted by Crippen LogP contribution is -2.10. The van der Waals surface area contributed by atoms with Gasteiger partial charge in [-0.1, -0.05) is 61.9 Å². The molecule has 2 aromatic carbocycles. The van der Waals surface area contributed by atoms with Gasteiger partial charge in [0, 0.05) is 11.1 Å². The van der Waals surface area contributed by atoms with Crippen LogP contribution in [-0.4, -0.2) is 0 Å². The summed E-state index contributed by atoms with van der Waals surface area (Å²) in [6.07, 6.45) is 9.46. The summed E-state index contributed by atoms with van der Waals surface area (Å²) in [6, 6.07) is 17.5. The maximum atomic E-state index is 3.77. The third-order valence-electron chi connectivity index (χ3n) is 5.34. The molecule has 25 heavy (non-hydrogen) atoms. The van der Waals surface area contributed by atoms with Crippen LogP contribution in [0.25, 0.3) is 0 Å². The van der Waals surface area contributed by atoms with E-state index < -0.39 is 0 Å². The highest BCUT2D eigenvalue weighted by molar-refractivity contribution is 5.44. The van der Waals surface area contributed by atoms with Crippen molar-refractivity contribution in [1.29, 1.82) is 0 Å². The second-order valence-corrected chi connectivity index (χ2v) is 7.35. The first kappa shape index (κ1) is 17.6. The zero-order chi connectivity index (χ0) is 17.5. The van der Waals surface area contributed by atoms with Crippen molar-refractivity contribution in [2.75, 3.05) is 0 Å². The molecule has 0 bridgehead atoms. The Morgan fingerprint density at radius 3 is 2.00 bits per heavy atom. The molecule has 2 aromatic rings. The molecule has 3 rings (SSSR count). The lowest BCUT2D eigenvalue weighted by atomic mass is 9.79. The van der Waals surface area contributed by atoms with Gasteiger partial charge in [-0.15, -0.1) is 6.58 Å². The van der Waals surface area contributed by atoms with Crippen LogP contribution in [0.2, 0.25) is 0 Å². The van der Waals surface area contributed by atoms with Crippen LogP contribution in [0.5, 0.6) is 0 Å². The van der Waals surface area contributed by atoms with Gasteiger partial charge >= 0.3 is 0 Å². The molecule has 0 N–H and O–H groups in total. The molecule has 1 fully saturated rings. The predicted molar refractivity (Wildman–Crippen MR) is 108 cm³/mol. The molecule has 0 heterocycles. The minimum absolute atomic E-state index is 0.751. The topological polar surface area (TPSA) is 0 Å². The fourth-order valence-electron chi connectivity index (χ4n) is 3.60. The molecule has 128 valence electrons. The molecule has 0 aromatic heterocycles. The summed E-state index contributed by atoms with van der Waals surface area (Å²) in [4.78, 5) is 0. The monoisotopic (exact) mass is 328 g/mol. The minimum Gasteiger partial charge on any atom is -0.103 e. The summed E-state index contributed by atoms with van der Waals surface area (Å²) in [7, 11) is 0. The van der Waals surface area contributed by atoms with Gasteiger partial charge in [-0.2, -0.15) is 0 Å².